The van der Waals surface area contributed by atoms with Crippen molar-refractivity contribution in [3.8, 4) is 5.75 Å². The number of hydrogen-bond acceptors (Lipinski definition) is 10. The molecule has 11 nitrogen and oxygen atoms in total. The van der Waals surface area contributed by atoms with Crippen LogP contribution < -0.4 is 10.6 Å². The van der Waals surface area contributed by atoms with Gasteiger partial charge in [-0.2, -0.15) is 0 Å². The Morgan fingerprint density at radius 1 is 1.12 bits per heavy atom. The van der Waals surface area contributed by atoms with Gasteiger partial charge in [-0.25, -0.2) is 0 Å². The molecule has 0 saturated heterocycles. The number of phenols is 1. The van der Waals surface area contributed by atoms with Crippen LogP contribution in [0.15, 0.2) is 29.0 Å². The Balaban J connectivity index is 2.04. The molecule has 0 aromatic heterocycles. The first-order valence-electron chi connectivity index (χ1n) is 10.6. The van der Waals surface area contributed by atoms with Crippen molar-refractivity contribution in [2.45, 2.75) is 24.2 Å². The first-order chi connectivity index (χ1) is 15.8. The van der Waals surface area contributed by atoms with E-state index < -0.39 is 69.7 Å². The zero-order valence-electron chi connectivity index (χ0n) is 19.1. The minimum atomic E-state index is -2.90. The number of phenolic OH excluding ortho intramolecular Hbond substituents is 1. The highest BCUT2D eigenvalue weighted by atomic mass is 16.4. The van der Waals surface area contributed by atoms with Crippen LogP contribution in [0, 0.1) is 11.8 Å². The Morgan fingerprint density at radius 3 is 2.26 bits per heavy atom. The summed E-state index contributed by atoms with van der Waals surface area (Å²) in [5, 5.41) is 55.4. The van der Waals surface area contributed by atoms with Gasteiger partial charge < -0.3 is 36.2 Å². The van der Waals surface area contributed by atoms with E-state index in [1.54, 1.807) is 25.1 Å². The summed E-state index contributed by atoms with van der Waals surface area (Å²) in [6.45, 7) is 0. The lowest BCUT2D eigenvalue weighted by atomic mass is 9.56. The van der Waals surface area contributed by atoms with Crippen molar-refractivity contribution in [1.29, 1.82) is 0 Å². The second kappa shape index (κ2) is 7.55. The predicted octanol–water partition coefficient (Wildman–Crippen LogP) is -0.999. The molecule has 7 N–H and O–H groups in total. The van der Waals surface area contributed by atoms with Crippen molar-refractivity contribution < 1.29 is 39.9 Å². The maximum Gasteiger partial charge on any atom is 0.255 e. The minimum absolute atomic E-state index is 0.00236. The number of aliphatic hydroxyl groups is 4. The van der Waals surface area contributed by atoms with Crippen molar-refractivity contribution in [3.63, 3.8) is 0 Å². The number of fused-ring (bicyclic) bond motifs is 3. The number of nitrogens with zero attached hydrogens (tertiary/aromatic N) is 2. The van der Waals surface area contributed by atoms with Crippen LogP contribution in [0.25, 0.3) is 5.76 Å². The molecular weight excluding hydrogens is 446 g/mol. The summed E-state index contributed by atoms with van der Waals surface area (Å²) in [4.78, 5) is 41.9. The van der Waals surface area contributed by atoms with Crippen molar-refractivity contribution >= 4 is 28.9 Å². The van der Waals surface area contributed by atoms with E-state index in [0.29, 0.717) is 11.3 Å². The molecule has 0 aliphatic heterocycles. The first-order valence-corrected chi connectivity index (χ1v) is 10.6. The van der Waals surface area contributed by atoms with Gasteiger partial charge in [0.05, 0.1) is 23.6 Å². The Labute approximate surface area is 195 Å². The quantitative estimate of drug-likeness (QED) is 0.298. The van der Waals surface area contributed by atoms with Crippen molar-refractivity contribution in [1.82, 2.24) is 4.90 Å². The Bertz CT molecular complexity index is 1200. The third-order valence-corrected chi connectivity index (χ3v) is 7.14. The smallest absolute Gasteiger partial charge is 0.255 e. The highest BCUT2D eigenvalue weighted by molar-refractivity contribution is 6.24. The average Bonchev–Trinajstić information content (AvgIpc) is 2.73. The second-order valence-electron chi connectivity index (χ2n) is 9.40. The molecule has 1 saturated carbocycles. The van der Waals surface area contributed by atoms with Crippen molar-refractivity contribution in [2.24, 2.45) is 17.6 Å². The van der Waals surface area contributed by atoms with Crippen LogP contribution in [0.4, 0.5) is 5.69 Å². The second-order valence-corrected chi connectivity index (χ2v) is 9.40. The van der Waals surface area contributed by atoms with E-state index in [-0.39, 0.29) is 17.7 Å². The molecule has 0 bridgehead atoms. The first kappa shape index (κ1) is 23.7. The van der Waals surface area contributed by atoms with E-state index in [2.05, 4.69) is 0 Å². The molecular formula is C23H27N3O8. The molecule has 3 aliphatic rings. The third kappa shape index (κ3) is 2.84. The average molecular weight is 473 g/mol. The largest absolute Gasteiger partial charge is 0.508 e. The third-order valence-electron chi connectivity index (χ3n) is 7.14. The molecule has 0 unspecified atom stereocenters. The lowest BCUT2D eigenvalue weighted by Gasteiger charge is -2.52. The Kier molecular flexibility index (Phi) is 5.27. The van der Waals surface area contributed by atoms with Crippen molar-refractivity contribution in [3.05, 3.63) is 40.2 Å². The number of anilines is 1. The number of hydrogen-bond donors (Lipinski definition) is 6. The van der Waals surface area contributed by atoms with Crippen LogP contribution >= 0.6 is 0 Å². The Morgan fingerprint density at radius 2 is 1.74 bits per heavy atom. The molecule has 5 atom stereocenters. The van der Waals surface area contributed by atoms with E-state index in [1.165, 1.54) is 25.1 Å². The normalized spacial score (nSPS) is 30.8. The van der Waals surface area contributed by atoms with Gasteiger partial charge in [0.25, 0.3) is 5.91 Å². The zero-order chi connectivity index (χ0) is 25.4. The van der Waals surface area contributed by atoms with E-state index in [1.807, 2.05) is 0 Å². The van der Waals surface area contributed by atoms with Gasteiger partial charge >= 0.3 is 0 Å². The number of rotatable bonds is 3. The fourth-order valence-electron chi connectivity index (χ4n) is 5.66. The van der Waals surface area contributed by atoms with Gasteiger partial charge in [-0.15, -0.1) is 0 Å². The summed E-state index contributed by atoms with van der Waals surface area (Å²) >= 11 is 0. The summed E-state index contributed by atoms with van der Waals surface area (Å²) in [6, 6.07) is 1.60. The SMILES string of the molecule is CN(C)c1ccc(O)c2c1C[C@@H]1C(=C2O)C(=O)[C@]2(O)C(O)=C(C(N)=O)C(=O)[C@@H](N(C)C)[C@@H]2[C@H]1O. The lowest BCUT2D eigenvalue weighted by Crippen LogP contribution is -2.70. The van der Waals surface area contributed by atoms with Crippen molar-refractivity contribution in [2.75, 3.05) is 33.1 Å². The van der Waals surface area contributed by atoms with Gasteiger partial charge in [0.15, 0.2) is 11.4 Å². The van der Waals surface area contributed by atoms with Crippen LogP contribution in [0.2, 0.25) is 0 Å². The van der Waals surface area contributed by atoms with Gasteiger partial charge in [0.1, 0.15) is 22.8 Å². The number of amides is 1. The number of aliphatic hydroxyl groups excluding tert-OH is 3. The number of benzene rings is 1. The number of carbonyl (C=O) groups excluding carboxylic acids is 3. The molecule has 1 aromatic rings. The molecule has 0 spiro atoms. The number of primary amides is 1. The summed E-state index contributed by atoms with van der Waals surface area (Å²) in [5.41, 5.74) is 2.09. The topological polar surface area (TPSA) is 185 Å². The molecule has 0 radical (unpaired) electrons. The summed E-state index contributed by atoms with van der Waals surface area (Å²) < 4.78 is 0. The standard InChI is InChI=1S/C23H27N3O8/c1-25(2)10-5-6-11(27)12-8(10)7-9-13(18(12)29)20(31)23(34)15(17(9)28)16(26(3)4)19(30)14(21(23)32)22(24)33/h5-6,9,15-17,27-29,32,34H,7H2,1-4H3,(H2,24,33)/t9-,15-,16+,17+,23+/m1/s1. The van der Waals surface area contributed by atoms with E-state index in [9.17, 15) is 39.9 Å². The Hall–Kier alpha value is -3.41. The lowest BCUT2D eigenvalue weighted by molar-refractivity contribution is -0.168. The van der Waals surface area contributed by atoms with Crippen LogP contribution in [-0.4, -0.2) is 93.8 Å². The van der Waals surface area contributed by atoms with Crippen LogP contribution in [0.5, 0.6) is 5.75 Å². The van der Waals surface area contributed by atoms with Gasteiger partial charge in [0.2, 0.25) is 5.78 Å². The van der Waals surface area contributed by atoms with Crippen LogP contribution in [0.3, 0.4) is 0 Å². The van der Waals surface area contributed by atoms with Crippen LogP contribution in [-0.2, 0) is 20.8 Å². The summed E-state index contributed by atoms with van der Waals surface area (Å²) in [6.07, 6.45) is -1.60. The van der Waals surface area contributed by atoms with E-state index >= 15 is 0 Å². The molecule has 4 rings (SSSR count). The maximum atomic E-state index is 13.7. The molecule has 1 amide bonds. The van der Waals surface area contributed by atoms with Gasteiger partial charge in [-0.05, 0) is 38.2 Å². The molecule has 11 heteroatoms. The summed E-state index contributed by atoms with van der Waals surface area (Å²) in [5.74, 6) is -8.31. The summed E-state index contributed by atoms with van der Waals surface area (Å²) in [7, 11) is 6.42. The molecule has 1 fully saturated rings. The van der Waals surface area contributed by atoms with E-state index in [4.69, 9.17) is 5.73 Å². The number of carbonyl (C=O) groups is 3. The molecule has 34 heavy (non-hydrogen) atoms. The maximum absolute atomic E-state index is 13.7. The highest BCUT2D eigenvalue weighted by Crippen LogP contribution is 2.53. The number of aromatic hydroxyl groups is 1. The van der Waals surface area contributed by atoms with E-state index in [0.717, 1.165) is 0 Å². The predicted molar refractivity (Wildman–Crippen MR) is 120 cm³/mol. The molecule has 3 aliphatic carbocycles. The monoisotopic (exact) mass is 473 g/mol. The number of Topliss-reactive ketones (excluding diaryl/α,β-unsaturated/α-hetero) is 2. The highest BCUT2D eigenvalue weighted by Gasteiger charge is 2.67. The zero-order valence-corrected chi connectivity index (χ0v) is 19.1. The fraction of sp³-hybridized carbons (Fsp3) is 0.435. The molecule has 0 heterocycles. The number of nitrogens with two attached hydrogens (primary N) is 1. The molecule has 1 aromatic carbocycles. The minimum Gasteiger partial charge on any atom is -0.508 e. The van der Waals surface area contributed by atoms with Gasteiger partial charge in [0, 0.05) is 31.3 Å². The fourth-order valence-corrected chi connectivity index (χ4v) is 5.66. The van der Waals surface area contributed by atoms with Gasteiger partial charge in [-0.3, -0.25) is 19.3 Å². The number of likely N-dealkylation sites (N-methyl/N-ethyl adjacent to an activating group) is 1. The number of ketones is 2. The molecule has 182 valence electrons. The van der Waals surface area contributed by atoms with Crippen LogP contribution in [0.1, 0.15) is 11.1 Å². The van der Waals surface area contributed by atoms with Gasteiger partial charge in [-0.1, -0.05) is 0 Å².